The zero-order chi connectivity index (χ0) is 19.6. The number of nitrogens with zero attached hydrogens (tertiary/aromatic N) is 2. The maximum atomic E-state index is 13.9. The van der Waals surface area contributed by atoms with Crippen molar-refractivity contribution in [3.63, 3.8) is 0 Å². The smallest absolute Gasteiger partial charge is 0.221 e. The average Bonchev–Trinajstić information content (AvgIpc) is 3.15. The van der Waals surface area contributed by atoms with Gasteiger partial charge in [0.2, 0.25) is 12.3 Å². The Morgan fingerprint density at radius 3 is 2.70 bits per heavy atom. The van der Waals surface area contributed by atoms with E-state index in [0.717, 1.165) is 23.6 Å². The number of carbonyl (C=O) groups excluding carboxylic acids is 1. The third-order valence-electron chi connectivity index (χ3n) is 4.46. The Balaban J connectivity index is 0.000000364. The molecule has 142 valence electrons. The van der Waals surface area contributed by atoms with Crippen LogP contribution in [-0.4, -0.2) is 34.6 Å². The number of aromatic amines is 1. The summed E-state index contributed by atoms with van der Waals surface area (Å²) in [5, 5.41) is 3.27. The minimum Gasteiger partial charge on any atom is -0.481 e. The SMILES string of the molecule is CC1CC1F.COc1ncc(F)c(C)c1-c1c[nH]c2nc(NC=O)ccc12. The van der Waals surface area contributed by atoms with Gasteiger partial charge in [-0.1, -0.05) is 6.92 Å². The van der Waals surface area contributed by atoms with Crippen molar-refractivity contribution >= 4 is 23.3 Å². The number of methoxy groups -OCH3 is 1. The highest BCUT2D eigenvalue weighted by Gasteiger charge is 2.31. The first-order valence-electron chi connectivity index (χ1n) is 8.48. The number of halogens is 2. The first-order valence-corrected chi connectivity index (χ1v) is 8.48. The van der Waals surface area contributed by atoms with E-state index in [-0.39, 0.29) is 0 Å². The number of anilines is 1. The minimum absolute atomic E-state index is 0.342. The molecule has 1 amide bonds. The average molecular weight is 374 g/mol. The van der Waals surface area contributed by atoms with Crippen molar-refractivity contribution in [1.29, 1.82) is 0 Å². The van der Waals surface area contributed by atoms with Crippen molar-refractivity contribution in [2.24, 2.45) is 5.92 Å². The summed E-state index contributed by atoms with van der Waals surface area (Å²) in [7, 11) is 1.49. The molecule has 8 heteroatoms. The van der Waals surface area contributed by atoms with Gasteiger partial charge in [-0.3, -0.25) is 4.79 Å². The van der Waals surface area contributed by atoms with E-state index in [1.54, 1.807) is 25.3 Å². The number of ether oxygens (including phenoxy) is 1. The molecule has 0 bridgehead atoms. The van der Waals surface area contributed by atoms with Crippen LogP contribution in [0, 0.1) is 18.7 Å². The largest absolute Gasteiger partial charge is 0.481 e. The predicted molar refractivity (Wildman–Crippen MR) is 98.9 cm³/mol. The molecule has 1 saturated carbocycles. The normalized spacial score (nSPS) is 17.8. The Hall–Kier alpha value is -3.03. The quantitative estimate of drug-likeness (QED) is 0.676. The van der Waals surface area contributed by atoms with Crippen LogP contribution in [0.2, 0.25) is 0 Å². The second-order valence-corrected chi connectivity index (χ2v) is 6.40. The van der Waals surface area contributed by atoms with Crippen molar-refractivity contribution < 1.29 is 18.3 Å². The number of aromatic nitrogens is 3. The second-order valence-electron chi connectivity index (χ2n) is 6.40. The molecular formula is C19H20F2N4O2. The summed E-state index contributed by atoms with van der Waals surface area (Å²) in [6.07, 6.45) is 3.77. The van der Waals surface area contributed by atoms with Crippen molar-refractivity contribution in [2.45, 2.75) is 26.4 Å². The van der Waals surface area contributed by atoms with Gasteiger partial charge in [-0.15, -0.1) is 0 Å². The fourth-order valence-corrected chi connectivity index (χ4v) is 2.66. The van der Waals surface area contributed by atoms with Crippen molar-refractivity contribution in [3.8, 4) is 17.0 Å². The number of carbonyl (C=O) groups is 1. The number of amides is 1. The monoisotopic (exact) mass is 374 g/mol. The molecule has 2 unspecified atom stereocenters. The van der Waals surface area contributed by atoms with E-state index in [2.05, 4.69) is 20.3 Å². The van der Waals surface area contributed by atoms with E-state index in [1.165, 1.54) is 7.11 Å². The lowest BCUT2D eigenvalue weighted by Crippen LogP contribution is -1.97. The minimum atomic E-state index is -0.449. The molecule has 4 rings (SSSR count). The molecule has 3 heterocycles. The van der Waals surface area contributed by atoms with E-state index in [4.69, 9.17) is 4.74 Å². The molecule has 2 N–H and O–H groups in total. The number of fused-ring (bicyclic) bond motifs is 1. The van der Waals surface area contributed by atoms with Gasteiger partial charge in [-0.2, -0.15) is 0 Å². The molecule has 27 heavy (non-hydrogen) atoms. The van der Waals surface area contributed by atoms with Crippen molar-refractivity contribution in [2.75, 3.05) is 12.4 Å². The molecular weight excluding hydrogens is 354 g/mol. The molecule has 1 fully saturated rings. The third-order valence-corrected chi connectivity index (χ3v) is 4.46. The highest BCUT2D eigenvalue weighted by Crippen LogP contribution is 2.37. The van der Waals surface area contributed by atoms with Crippen LogP contribution in [0.15, 0.2) is 24.5 Å². The number of rotatable bonds is 4. The topological polar surface area (TPSA) is 79.9 Å². The van der Waals surface area contributed by atoms with E-state index in [9.17, 15) is 13.6 Å². The van der Waals surface area contributed by atoms with E-state index in [0.29, 0.717) is 40.8 Å². The fraction of sp³-hybridized carbons (Fsp3) is 0.316. The summed E-state index contributed by atoms with van der Waals surface area (Å²) >= 11 is 0. The Labute approximate surface area is 155 Å². The fourth-order valence-electron chi connectivity index (χ4n) is 2.66. The molecule has 0 radical (unpaired) electrons. The van der Waals surface area contributed by atoms with Crippen LogP contribution in [0.3, 0.4) is 0 Å². The number of hydrogen-bond donors (Lipinski definition) is 2. The van der Waals surface area contributed by atoms with Gasteiger partial charge in [0.05, 0.1) is 18.9 Å². The first kappa shape index (κ1) is 18.8. The molecule has 0 spiro atoms. The molecule has 6 nitrogen and oxygen atoms in total. The Morgan fingerprint density at radius 1 is 1.41 bits per heavy atom. The summed E-state index contributed by atoms with van der Waals surface area (Å²) in [5.74, 6) is 0.749. The molecule has 0 aromatic carbocycles. The Morgan fingerprint density at radius 2 is 2.11 bits per heavy atom. The molecule has 0 saturated heterocycles. The summed E-state index contributed by atoms with van der Waals surface area (Å²) in [4.78, 5) is 21.7. The van der Waals surface area contributed by atoms with Crippen molar-refractivity contribution in [3.05, 3.63) is 35.9 Å². The molecule has 3 aromatic heterocycles. The summed E-state index contributed by atoms with van der Waals surface area (Å²) in [6, 6.07) is 3.46. The summed E-state index contributed by atoms with van der Waals surface area (Å²) < 4.78 is 30.6. The third kappa shape index (κ3) is 3.89. The first-order chi connectivity index (χ1) is 13.0. The molecule has 1 aliphatic carbocycles. The van der Waals surface area contributed by atoms with Gasteiger partial charge in [0.25, 0.3) is 0 Å². The lowest BCUT2D eigenvalue weighted by atomic mass is 10.0. The van der Waals surface area contributed by atoms with Crippen LogP contribution in [-0.2, 0) is 4.79 Å². The number of nitrogens with one attached hydrogen (secondary N) is 2. The predicted octanol–water partition coefficient (Wildman–Crippen LogP) is 4.01. The zero-order valence-corrected chi connectivity index (χ0v) is 15.2. The Kier molecular flexibility index (Phi) is 5.34. The van der Waals surface area contributed by atoms with Gasteiger partial charge in [-0.25, -0.2) is 18.7 Å². The molecule has 2 atom stereocenters. The number of alkyl halides is 1. The standard InChI is InChI=1S/C15H13FN4O2.C4H7F/c1-8-11(16)6-18-15(22-2)13(8)10-5-17-14-9(10)3-4-12(20-14)19-7-21;1-3-2-4(3)5/h3-7H,1-2H3,(H2,17,19,20,21);3-4H,2H2,1H3. The maximum absolute atomic E-state index is 13.9. The van der Waals surface area contributed by atoms with Gasteiger partial charge in [-0.05, 0) is 37.0 Å². The van der Waals surface area contributed by atoms with E-state index in [1.807, 2.05) is 6.92 Å². The number of pyridine rings is 2. The van der Waals surface area contributed by atoms with Crippen molar-refractivity contribution in [1.82, 2.24) is 15.0 Å². The van der Waals surface area contributed by atoms with Gasteiger partial charge in [0, 0.05) is 17.1 Å². The highest BCUT2D eigenvalue weighted by atomic mass is 19.1. The number of hydrogen-bond acceptors (Lipinski definition) is 4. The summed E-state index contributed by atoms with van der Waals surface area (Å²) in [6.45, 7) is 3.59. The highest BCUT2D eigenvalue weighted by molar-refractivity contribution is 5.96. The molecule has 1 aliphatic rings. The van der Waals surface area contributed by atoms with Gasteiger partial charge >= 0.3 is 0 Å². The lowest BCUT2D eigenvalue weighted by molar-refractivity contribution is -0.105. The summed E-state index contributed by atoms with van der Waals surface area (Å²) in [5.41, 5.74) is 2.34. The van der Waals surface area contributed by atoms with Crippen LogP contribution in [0.1, 0.15) is 18.9 Å². The van der Waals surface area contributed by atoms with Crippen LogP contribution < -0.4 is 10.1 Å². The lowest BCUT2D eigenvalue weighted by Gasteiger charge is -2.10. The van der Waals surface area contributed by atoms with Crippen LogP contribution in [0.4, 0.5) is 14.6 Å². The van der Waals surface area contributed by atoms with Crippen LogP contribution in [0.5, 0.6) is 5.88 Å². The second kappa shape index (κ2) is 7.69. The van der Waals surface area contributed by atoms with Crippen LogP contribution >= 0.6 is 0 Å². The molecule has 0 aliphatic heterocycles. The van der Waals surface area contributed by atoms with Gasteiger partial charge in [0.1, 0.15) is 23.5 Å². The van der Waals surface area contributed by atoms with Gasteiger partial charge < -0.3 is 15.0 Å². The zero-order valence-electron chi connectivity index (χ0n) is 15.2. The van der Waals surface area contributed by atoms with Crippen LogP contribution in [0.25, 0.3) is 22.2 Å². The Bertz CT molecular complexity index is 968. The molecule has 3 aromatic rings. The van der Waals surface area contributed by atoms with E-state index < -0.39 is 12.0 Å². The maximum Gasteiger partial charge on any atom is 0.221 e. The van der Waals surface area contributed by atoms with E-state index >= 15 is 0 Å². The number of H-pyrrole nitrogens is 1. The van der Waals surface area contributed by atoms with Gasteiger partial charge in [0.15, 0.2) is 0 Å².